The molecule has 0 N–H and O–H groups in total. The van der Waals surface area contributed by atoms with E-state index in [2.05, 4.69) is 79.0 Å². The van der Waals surface area contributed by atoms with E-state index >= 15 is 0 Å². The Morgan fingerprint density at radius 3 is 2.24 bits per heavy atom. The lowest BCUT2D eigenvalue weighted by molar-refractivity contribution is 0.807. The van der Waals surface area contributed by atoms with Gasteiger partial charge >= 0.3 is 0 Å². The molecule has 0 aliphatic carbocycles. The van der Waals surface area contributed by atoms with E-state index in [1.54, 1.807) is 0 Å². The summed E-state index contributed by atoms with van der Waals surface area (Å²) in [5.41, 5.74) is 4.43. The minimum Gasteiger partial charge on any atom is -0.327 e. The van der Waals surface area contributed by atoms with Crippen molar-refractivity contribution in [2.75, 3.05) is 0 Å². The highest BCUT2D eigenvalue weighted by Crippen LogP contribution is 2.23. The Hall–Kier alpha value is -2.72. The van der Waals surface area contributed by atoms with Gasteiger partial charge in [-0.25, -0.2) is 4.98 Å². The van der Waals surface area contributed by atoms with Gasteiger partial charge in [-0.1, -0.05) is 58.4 Å². The van der Waals surface area contributed by atoms with Gasteiger partial charge in [-0.3, -0.25) is 4.98 Å². The second-order valence-electron chi connectivity index (χ2n) is 5.80. The van der Waals surface area contributed by atoms with E-state index in [0.29, 0.717) is 0 Å². The van der Waals surface area contributed by atoms with Crippen LogP contribution in [0.3, 0.4) is 0 Å². The fraction of sp³-hybridized carbons (Fsp3) is 0.0476. The van der Waals surface area contributed by atoms with Crippen LogP contribution >= 0.6 is 15.9 Å². The Morgan fingerprint density at radius 2 is 1.52 bits per heavy atom. The predicted octanol–water partition coefficient (Wildman–Crippen LogP) is 5.42. The molecule has 0 bridgehead atoms. The molecule has 2 aromatic heterocycles. The van der Waals surface area contributed by atoms with Crippen molar-refractivity contribution < 1.29 is 0 Å². The van der Waals surface area contributed by atoms with Crippen LogP contribution in [0.25, 0.3) is 22.6 Å². The van der Waals surface area contributed by atoms with Crippen LogP contribution < -0.4 is 0 Å². The molecule has 0 fully saturated rings. The van der Waals surface area contributed by atoms with Crippen molar-refractivity contribution >= 4 is 15.9 Å². The molecule has 122 valence electrons. The molecule has 0 saturated heterocycles. The van der Waals surface area contributed by atoms with Crippen LogP contribution in [0.15, 0.2) is 89.8 Å². The molecular formula is C21H16BrN3. The lowest BCUT2D eigenvalue weighted by Gasteiger charge is -2.09. The predicted molar refractivity (Wildman–Crippen MR) is 104 cm³/mol. The number of halogens is 1. The number of nitrogens with zero attached hydrogens (tertiary/aromatic N) is 3. The second-order valence-corrected chi connectivity index (χ2v) is 6.71. The Labute approximate surface area is 155 Å². The first-order valence-electron chi connectivity index (χ1n) is 8.07. The highest BCUT2D eigenvalue weighted by Gasteiger charge is 2.07. The average molecular weight is 390 g/mol. The van der Waals surface area contributed by atoms with E-state index in [9.17, 15) is 0 Å². The van der Waals surface area contributed by atoms with E-state index in [1.165, 1.54) is 5.56 Å². The quantitative estimate of drug-likeness (QED) is 0.466. The largest absolute Gasteiger partial charge is 0.327 e. The van der Waals surface area contributed by atoms with Crippen LogP contribution in [0.4, 0.5) is 0 Å². The van der Waals surface area contributed by atoms with E-state index in [0.717, 1.165) is 33.7 Å². The summed E-state index contributed by atoms with van der Waals surface area (Å²) in [5.74, 6) is 0.968. The zero-order valence-electron chi connectivity index (χ0n) is 13.5. The van der Waals surface area contributed by atoms with Gasteiger partial charge in [0.2, 0.25) is 0 Å². The SMILES string of the molecule is Brc1ccc(Cn2ccnc2-c2ccc(-c3ccccn3)cc2)cc1. The molecule has 0 saturated carbocycles. The topological polar surface area (TPSA) is 30.7 Å². The Kier molecular flexibility index (Phi) is 4.44. The van der Waals surface area contributed by atoms with Crippen molar-refractivity contribution in [3.05, 3.63) is 95.4 Å². The van der Waals surface area contributed by atoms with E-state index < -0.39 is 0 Å². The molecule has 4 rings (SSSR count). The monoisotopic (exact) mass is 389 g/mol. The van der Waals surface area contributed by atoms with Gasteiger partial charge < -0.3 is 4.57 Å². The molecular weight excluding hydrogens is 374 g/mol. The van der Waals surface area contributed by atoms with E-state index in [1.807, 2.05) is 36.8 Å². The number of benzene rings is 2. The summed E-state index contributed by atoms with van der Waals surface area (Å²) in [4.78, 5) is 8.94. The summed E-state index contributed by atoms with van der Waals surface area (Å²) >= 11 is 3.48. The maximum Gasteiger partial charge on any atom is 0.140 e. The average Bonchev–Trinajstić information content (AvgIpc) is 3.13. The zero-order valence-corrected chi connectivity index (χ0v) is 15.1. The van der Waals surface area contributed by atoms with Gasteiger partial charge in [0.15, 0.2) is 0 Å². The fourth-order valence-corrected chi connectivity index (χ4v) is 3.07. The molecule has 3 nitrogen and oxygen atoms in total. The van der Waals surface area contributed by atoms with Crippen LogP contribution in [0, 0.1) is 0 Å². The Morgan fingerprint density at radius 1 is 0.760 bits per heavy atom. The van der Waals surface area contributed by atoms with Gasteiger partial charge in [0.05, 0.1) is 5.69 Å². The van der Waals surface area contributed by atoms with Gasteiger partial charge in [0.25, 0.3) is 0 Å². The zero-order chi connectivity index (χ0) is 17.1. The molecule has 0 atom stereocenters. The van der Waals surface area contributed by atoms with Crippen molar-refractivity contribution in [1.29, 1.82) is 0 Å². The van der Waals surface area contributed by atoms with Crippen molar-refractivity contribution in [3.8, 4) is 22.6 Å². The van der Waals surface area contributed by atoms with Crippen molar-refractivity contribution in [3.63, 3.8) is 0 Å². The minimum absolute atomic E-state index is 0.796. The smallest absolute Gasteiger partial charge is 0.140 e. The lowest BCUT2D eigenvalue weighted by atomic mass is 10.1. The molecule has 2 aromatic carbocycles. The number of imidazole rings is 1. The first-order valence-corrected chi connectivity index (χ1v) is 8.86. The summed E-state index contributed by atoms with van der Waals surface area (Å²) in [6.07, 6.45) is 5.68. The molecule has 0 aliphatic rings. The van der Waals surface area contributed by atoms with Crippen LogP contribution in [0.5, 0.6) is 0 Å². The Balaban J connectivity index is 1.60. The third-order valence-electron chi connectivity index (χ3n) is 4.09. The maximum absolute atomic E-state index is 4.54. The first-order chi connectivity index (χ1) is 12.3. The van der Waals surface area contributed by atoms with Gasteiger partial charge in [-0.05, 0) is 29.8 Å². The van der Waals surface area contributed by atoms with Gasteiger partial charge in [0, 0.05) is 40.7 Å². The summed E-state index contributed by atoms with van der Waals surface area (Å²) in [6.45, 7) is 0.796. The van der Waals surface area contributed by atoms with Gasteiger partial charge in [-0.15, -0.1) is 0 Å². The molecule has 0 spiro atoms. The first kappa shape index (κ1) is 15.8. The lowest BCUT2D eigenvalue weighted by Crippen LogP contribution is -2.01. The van der Waals surface area contributed by atoms with Crippen LogP contribution in [0.1, 0.15) is 5.56 Å². The molecule has 0 amide bonds. The van der Waals surface area contributed by atoms with E-state index in [4.69, 9.17) is 0 Å². The Bertz CT molecular complexity index is 958. The normalized spacial score (nSPS) is 10.8. The van der Waals surface area contributed by atoms with Gasteiger partial charge in [-0.2, -0.15) is 0 Å². The summed E-state index contributed by atoms with van der Waals surface area (Å²) < 4.78 is 3.26. The summed E-state index contributed by atoms with van der Waals surface area (Å²) in [7, 11) is 0. The van der Waals surface area contributed by atoms with Crippen LogP contribution in [-0.4, -0.2) is 14.5 Å². The number of pyridine rings is 1. The molecule has 25 heavy (non-hydrogen) atoms. The maximum atomic E-state index is 4.54. The third kappa shape index (κ3) is 3.54. The number of hydrogen-bond donors (Lipinski definition) is 0. The molecule has 0 unspecified atom stereocenters. The summed E-state index contributed by atoms with van der Waals surface area (Å²) in [6, 6.07) is 22.7. The fourth-order valence-electron chi connectivity index (χ4n) is 2.81. The molecule has 2 heterocycles. The van der Waals surface area contributed by atoms with Crippen molar-refractivity contribution in [2.24, 2.45) is 0 Å². The summed E-state index contributed by atoms with van der Waals surface area (Å²) in [5, 5.41) is 0. The highest BCUT2D eigenvalue weighted by molar-refractivity contribution is 9.10. The van der Waals surface area contributed by atoms with Crippen molar-refractivity contribution in [1.82, 2.24) is 14.5 Å². The number of aromatic nitrogens is 3. The minimum atomic E-state index is 0.796. The second kappa shape index (κ2) is 7.03. The van der Waals surface area contributed by atoms with Crippen LogP contribution in [0.2, 0.25) is 0 Å². The van der Waals surface area contributed by atoms with Crippen LogP contribution in [-0.2, 0) is 6.54 Å². The van der Waals surface area contributed by atoms with Gasteiger partial charge in [0.1, 0.15) is 5.82 Å². The molecule has 0 aliphatic heterocycles. The molecule has 0 radical (unpaired) electrons. The highest BCUT2D eigenvalue weighted by atomic mass is 79.9. The number of rotatable bonds is 4. The molecule has 4 aromatic rings. The number of hydrogen-bond acceptors (Lipinski definition) is 2. The molecule has 4 heteroatoms. The third-order valence-corrected chi connectivity index (χ3v) is 4.61. The standard InChI is InChI=1S/C21H16BrN3/c22-19-10-4-16(5-11-19)15-25-14-13-24-21(25)18-8-6-17(7-9-18)20-3-1-2-12-23-20/h1-14H,15H2. The van der Waals surface area contributed by atoms with Crippen molar-refractivity contribution in [2.45, 2.75) is 6.54 Å². The van der Waals surface area contributed by atoms with E-state index in [-0.39, 0.29) is 0 Å².